The van der Waals surface area contributed by atoms with E-state index in [-0.39, 0.29) is 29.6 Å². The number of halogens is 2. The molecule has 126 valence electrons. The van der Waals surface area contributed by atoms with Crippen LogP contribution in [0.1, 0.15) is 38.2 Å². The molecule has 1 saturated carbocycles. The van der Waals surface area contributed by atoms with Crippen LogP contribution in [0.2, 0.25) is 5.02 Å². The van der Waals surface area contributed by atoms with E-state index in [1.54, 1.807) is 17.0 Å². The fraction of sp³-hybridized carbons (Fsp3) is 0.611. The molecule has 1 aliphatic carbocycles. The van der Waals surface area contributed by atoms with Crippen molar-refractivity contribution in [1.82, 2.24) is 10.2 Å². The summed E-state index contributed by atoms with van der Waals surface area (Å²) in [6.07, 6.45) is 3.99. The molecule has 2 aliphatic rings. The maximum absolute atomic E-state index is 14.0. The molecule has 1 heterocycles. The van der Waals surface area contributed by atoms with Crippen LogP contribution in [0.3, 0.4) is 0 Å². The van der Waals surface area contributed by atoms with Gasteiger partial charge in [-0.25, -0.2) is 4.39 Å². The van der Waals surface area contributed by atoms with E-state index in [0.717, 1.165) is 38.8 Å². The molecule has 23 heavy (non-hydrogen) atoms. The summed E-state index contributed by atoms with van der Waals surface area (Å²) in [7, 11) is 0. The van der Waals surface area contributed by atoms with Crippen LogP contribution in [0.4, 0.5) is 4.39 Å². The monoisotopic (exact) mass is 338 g/mol. The summed E-state index contributed by atoms with van der Waals surface area (Å²) in [6, 6.07) is 4.68. The molecule has 1 unspecified atom stereocenters. The standard InChI is InChI=1S/C18H24ClFN2O/c1-2-10-22(12-13-15(19)4-3-5-16(13)20)17(23)14-11-18(14)6-8-21-9-7-18/h3-5,14,21H,2,6-12H2,1H3. The molecule has 1 aromatic rings. The number of nitrogens with one attached hydrogen (secondary N) is 1. The van der Waals surface area contributed by atoms with Crippen molar-refractivity contribution >= 4 is 17.5 Å². The van der Waals surface area contributed by atoms with E-state index in [4.69, 9.17) is 11.6 Å². The van der Waals surface area contributed by atoms with Gasteiger partial charge in [0.15, 0.2) is 0 Å². The minimum absolute atomic E-state index is 0.113. The normalized spacial score (nSPS) is 22.1. The van der Waals surface area contributed by atoms with E-state index in [9.17, 15) is 9.18 Å². The Hall–Kier alpha value is -1.13. The van der Waals surface area contributed by atoms with Crippen LogP contribution in [0.15, 0.2) is 18.2 Å². The van der Waals surface area contributed by atoms with Crippen LogP contribution in [-0.4, -0.2) is 30.4 Å². The van der Waals surface area contributed by atoms with E-state index in [1.807, 2.05) is 6.92 Å². The number of benzene rings is 1. The van der Waals surface area contributed by atoms with Crippen LogP contribution < -0.4 is 5.32 Å². The summed E-state index contributed by atoms with van der Waals surface area (Å²) in [5.41, 5.74) is 0.629. The molecule has 1 atom stereocenters. The number of hydrogen-bond acceptors (Lipinski definition) is 2. The molecule has 1 saturated heterocycles. The SMILES string of the molecule is CCCN(Cc1c(F)cccc1Cl)C(=O)C1CC12CCNCC2. The lowest BCUT2D eigenvalue weighted by Crippen LogP contribution is -2.37. The molecule has 3 nitrogen and oxygen atoms in total. The zero-order chi connectivity index (χ0) is 16.4. The van der Waals surface area contributed by atoms with Gasteiger partial charge in [-0.3, -0.25) is 4.79 Å². The number of piperidine rings is 1. The van der Waals surface area contributed by atoms with Crippen molar-refractivity contribution in [1.29, 1.82) is 0 Å². The molecular formula is C18H24ClFN2O. The zero-order valence-corrected chi connectivity index (χ0v) is 14.3. The molecule has 5 heteroatoms. The third-order valence-corrected chi connectivity index (χ3v) is 5.66. The van der Waals surface area contributed by atoms with Gasteiger partial charge in [-0.1, -0.05) is 24.6 Å². The van der Waals surface area contributed by atoms with Crippen molar-refractivity contribution in [3.63, 3.8) is 0 Å². The van der Waals surface area contributed by atoms with Gasteiger partial charge in [0.2, 0.25) is 5.91 Å². The largest absolute Gasteiger partial charge is 0.338 e. The summed E-state index contributed by atoms with van der Waals surface area (Å²) >= 11 is 6.13. The minimum atomic E-state index is -0.334. The molecule has 1 amide bonds. The Morgan fingerprint density at radius 2 is 2.17 bits per heavy atom. The van der Waals surface area contributed by atoms with Crippen molar-refractivity contribution in [2.45, 2.75) is 39.2 Å². The van der Waals surface area contributed by atoms with Crippen molar-refractivity contribution in [2.75, 3.05) is 19.6 Å². The fourth-order valence-corrected chi connectivity index (χ4v) is 4.03. The maximum atomic E-state index is 14.0. The summed E-state index contributed by atoms with van der Waals surface area (Å²) in [6.45, 7) is 4.95. The highest BCUT2D eigenvalue weighted by atomic mass is 35.5. The van der Waals surface area contributed by atoms with Gasteiger partial charge >= 0.3 is 0 Å². The van der Waals surface area contributed by atoms with Crippen LogP contribution in [0, 0.1) is 17.2 Å². The van der Waals surface area contributed by atoms with E-state index >= 15 is 0 Å². The highest BCUT2D eigenvalue weighted by Crippen LogP contribution is 2.59. The maximum Gasteiger partial charge on any atom is 0.226 e. The van der Waals surface area contributed by atoms with Crippen molar-refractivity contribution in [3.8, 4) is 0 Å². The lowest BCUT2D eigenvalue weighted by atomic mass is 9.91. The fourth-order valence-electron chi connectivity index (χ4n) is 3.81. The second kappa shape index (κ2) is 6.78. The van der Waals surface area contributed by atoms with Crippen LogP contribution in [0.5, 0.6) is 0 Å². The van der Waals surface area contributed by atoms with Gasteiger partial charge in [-0.2, -0.15) is 0 Å². The van der Waals surface area contributed by atoms with Gasteiger partial charge in [0.1, 0.15) is 5.82 Å². The number of rotatable bonds is 5. The minimum Gasteiger partial charge on any atom is -0.338 e. The van der Waals surface area contributed by atoms with E-state index in [0.29, 0.717) is 17.1 Å². The summed E-state index contributed by atoms with van der Waals surface area (Å²) in [5, 5.41) is 3.75. The first-order valence-electron chi connectivity index (χ1n) is 8.50. The molecule has 0 aromatic heterocycles. The number of carbonyl (C=O) groups is 1. The first-order valence-corrected chi connectivity index (χ1v) is 8.87. The molecule has 1 spiro atoms. The Kier molecular flexibility index (Phi) is 4.93. The lowest BCUT2D eigenvalue weighted by molar-refractivity contribution is -0.134. The van der Waals surface area contributed by atoms with Crippen LogP contribution in [-0.2, 0) is 11.3 Å². The van der Waals surface area contributed by atoms with Crippen LogP contribution in [0.25, 0.3) is 0 Å². The zero-order valence-electron chi connectivity index (χ0n) is 13.6. The molecule has 1 aliphatic heterocycles. The Morgan fingerprint density at radius 1 is 1.43 bits per heavy atom. The molecular weight excluding hydrogens is 315 g/mol. The topological polar surface area (TPSA) is 32.3 Å². The van der Waals surface area contributed by atoms with Gasteiger partial charge in [0.05, 0.1) is 0 Å². The lowest BCUT2D eigenvalue weighted by Gasteiger charge is -2.27. The van der Waals surface area contributed by atoms with Gasteiger partial charge in [0, 0.05) is 29.6 Å². The van der Waals surface area contributed by atoms with Crippen molar-refractivity contribution < 1.29 is 9.18 Å². The van der Waals surface area contributed by atoms with Crippen molar-refractivity contribution in [2.24, 2.45) is 11.3 Å². The molecule has 0 radical (unpaired) electrons. The Balaban J connectivity index is 1.73. The first-order chi connectivity index (χ1) is 11.1. The number of hydrogen-bond donors (Lipinski definition) is 1. The number of nitrogens with zero attached hydrogens (tertiary/aromatic N) is 1. The highest BCUT2D eigenvalue weighted by molar-refractivity contribution is 6.31. The van der Waals surface area contributed by atoms with Gasteiger partial charge in [-0.05, 0) is 56.3 Å². The average molecular weight is 339 g/mol. The average Bonchev–Trinajstić information content (AvgIpc) is 3.23. The second-order valence-electron chi connectivity index (χ2n) is 6.83. The van der Waals surface area contributed by atoms with E-state index in [2.05, 4.69) is 5.32 Å². The van der Waals surface area contributed by atoms with E-state index in [1.165, 1.54) is 6.07 Å². The predicted octanol–water partition coefficient (Wildman–Crippen LogP) is 3.61. The van der Waals surface area contributed by atoms with Crippen LogP contribution >= 0.6 is 11.6 Å². The molecule has 2 fully saturated rings. The first kappa shape index (κ1) is 16.7. The Bertz CT molecular complexity index is 566. The quantitative estimate of drug-likeness (QED) is 0.889. The third kappa shape index (κ3) is 3.38. The van der Waals surface area contributed by atoms with Gasteiger partial charge < -0.3 is 10.2 Å². The number of carbonyl (C=O) groups excluding carboxylic acids is 1. The van der Waals surface area contributed by atoms with Gasteiger partial charge in [-0.15, -0.1) is 0 Å². The Morgan fingerprint density at radius 3 is 2.83 bits per heavy atom. The number of amides is 1. The molecule has 0 bridgehead atoms. The summed E-state index contributed by atoms with van der Waals surface area (Å²) in [5.74, 6) is -0.0476. The summed E-state index contributed by atoms with van der Waals surface area (Å²) < 4.78 is 14.0. The molecule has 1 aromatic carbocycles. The Labute approximate surface area is 142 Å². The van der Waals surface area contributed by atoms with Gasteiger partial charge in [0.25, 0.3) is 0 Å². The summed E-state index contributed by atoms with van der Waals surface area (Å²) in [4.78, 5) is 14.7. The smallest absolute Gasteiger partial charge is 0.226 e. The second-order valence-corrected chi connectivity index (χ2v) is 7.24. The molecule has 3 rings (SSSR count). The molecule has 1 N–H and O–H groups in total. The highest BCUT2D eigenvalue weighted by Gasteiger charge is 2.58. The van der Waals surface area contributed by atoms with Crippen molar-refractivity contribution in [3.05, 3.63) is 34.6 Å². The predicted molar refractivity (Wildman–Crippen MR) is 89.8 cm³/mol. The van der Waals surface area contributed by atoms with E-state index < -0.39 is 0 Å². The third-order valence-electron chi connectivity index (χ3n) is 5.30.